The van der Waals surface area contributed by atoms with E-state index in [9.17, 15) is 18.0 Å². The molecule has 0 aliphatic carbocycles. The van der Waals surface area contributed by atoms with Crippen LogP contribution in [-0.4, -0.2) is 30.1 Å². The van der Waals surface area contributed by atoms with Crippen LogP contribution in [0.5, 0.6) is 0 Å². The smallest absolute Gasteiger partial charge is 0.341 e. The van der Waals surface area contributed by atoms with Gasteiger partial charge in [0.1, 0.15) is 0 Å². The average Bonchev–Trinajstić information content (AvgIpc) is 2.47. The molecule has 108 valence electrons. The summed E-state index contributed by atoms with van der Waals surface area (Å²) in [5.41, 5.74) is 0. The molecule has 1 fully saturated rings. The lowest BCUT2D eigenvalue weighted by molar-refractivity contribution is -0.165. The number of likely N-dealkylation sites (tertiary alicyclic amines) is 1. The normalized spacial score (nSPS) is 23.1. The summed E-state index contributed by atoms with van der Waals surface area (Å²) in [6.07, 6.45) is -2.87. The maximum absolute atomic E-state index is 12.5. The van der Waals surface area contributed by atoms with Crippen molar-refractivity contribution in [1.82, 2.24) is 4.90 Å². The largest absolute Gasteiger partial charge is 0.406 e. The molecule has 2 unspecified atom stereocenters. The van der Waals surface area contributed by atoms with Gasteiger partial charge in [0.25, 0.3) is 0 Å². The minimum atomic E-state index is -4.57. The molecule has 1 aliphatic rings. The molecule has 6 heteroatoms. The fraction of sp³-hybridized carbons (Fsp3) is 0.846. The summed E-state index contributed by atoms with van der Waals surface area (Å²) in [5, 5.41) is 8.58. The van der Waals surface area contributed by atoms with Gasteiger partial charge in [0.15, 0.2) is 5.92 Å². The zero-order valence-electron chi connectivity index (χ0n) is 11.2. The Bertz CT molecular complexity index is 360. The van der Waals surface area contributed by atoms with Crippen molar-refractivity contribution in [2.75, 3.05) is 13.1 Å². The molecule has 0 aromatic heterocycles. The van der Waals surface area contributed by atoms with E-state index in [0.29, 0.717) is 24.8 Å². The van der Waals surface area contributed by atoms with Gasteiger partial charge in [-0.15, -0.1) is 0 Å². The Morgan fingerprint density at radius 3 is 2.53 bits per heavy atom. The number of alkyl halides is 3. The van der Waals surface area contributed by atoms with E-state index in [1.165, 1.54) is 11.0 Å². The van der Waals surface area contributed by atoms with Gasteiger partial charge in [0, 0.05) is 19.5 Å². The second-order valence-electron chi connectivity index (χ2n) is 5.39. The third-order valence-electron chi connectivity index (χ3n) is 3.75. The third kappa shape index (κ3) is 4.41. The fourth-order valence-corrected chi connectivity index (χ4v) is 2.36. The summed E-state index contributed by atoms with van der Waals surface area (Å²) in [6, 6.07) is 1.25. The van der Waals surface area contributed by atoms with Crippen molar-refractivity contribution in [2.45, 2.75) is 39.3 Å². The van der Waals surface area contributed by atoms with Crippen LogP contribution in [0.2, 0.25) is 0 Å². The molecule has 0 aromatic carbocycles. The molecule has 1 heterocycles. The summed E-state index contributed by atoms with van der Waals surface area (Å²) >= 11 is 0. The molecule has 1 rings (SSSR count). The van der Waals surface area contributed by atoms with Gasteiger partial charge in [0.05, 0.1) is 6.07 Å². The minimum absolute atomic E-state index is 0.271. The number of carbonyl (C=O) groups excluding carboxylic acids is 1. The SMILES string of the molecule is CC(C)C1CCC(=O)N(CC(C#N)C(F)(F)F)CC1. The zero-order valence-corrected chi connectivity index (χ0v) is 11.2. The van der Waals surface area contributed by atoms with Crippen LogP contribution >= 0.6 is 0 Å². The van der Waals surface area contributed by atoms with Gasteiger partial charge in [-0.05, 0) is 24.7 Å². The first-order chi connectivity index (χ1) is 8.75. The molecule has 0 radical (unpaired) electrons. The van der Waals surface area contributed by atoms with E-state index >= 15 is 0 Å². The molecule has 0 aromatic rings. The van der Waals surface area contributed by atoms with Gasteiger partial charge in [-0.2, -0.15) is 18.4 Å². The Labute approximate surface area is 111 Å². The first kappa shape index (κ1) is 15.8. The van der Waals surface area contributed by atoms with E-state index in [2.05, 4.69) is 13.8 Å². The standard InChI is InChI=1S/C13H19F3N2O/c1-9(2)10-3-4-12(19)18(6-5-10)8-11(7-17)13(14,15)16/h9-11H,3-6,8H2,1-2H3. The molecule has 3 nitrogen and oxygen atoms in total. The highest BCUT2D eigenvalue weighted by Gasteiger charge is 2.42. The monoisotopic (exact) mass is 276 g/mol. The number of hydrogen-bond acceptors (Lipinski definition) is 2. The van der Waals surface area contributed by atoms with Crippen molar-refractivity contribution in [3.63, 3.8) is 0 Å². The van der Waals surface area contributed by atoms with Crippen LogP contribution in [0.25, 0.3) is 0 Å². The second-order valence-corrected chi connectivity index (χ2v) is 5.39. The van der Waals surface area contributed by atoms with Gasteiger partial charge in [0.2, 0.25) is 5.91 Å². The molecule has 1 saturated heterocycles. The topological polar surface area (TPSA) is 44.1 Å². The van der Waals surface area contributed by atoms with Crippen molar-refractivity contribution in [3.05, 3.63) is 0 Å². The molecule has 0 spiro atoms. The van der Waals surface area contributed by atoms with Gasteiger partial charge in [-0.25, -0.2) is 0 Å². The predicted molar refractivity (Wildman–Crippen MR) is 63.9 cm³/mol. The van der Waals surface area contributed by atoms with E-state index in [1.54, 1.807) is 0 Å². The van der Waals surface area contributed by atoms with Crippen LogP contribution < -0.4 is 0 Å². The Morgan fingerprint density at radius 1 is 1.42 bits per heavy atom. The van der Waals surface area contributed by atoms with Crippen LogP contribution in [-0.2, 0) is 4.79 Å². The number of halogens is 3. The minimum Gasteiger partial charge on any atom is -0.341 e. The number of carbonyl (C=O) groups is 1. The number of nitriles is 1. The van der Waals surface area contributed by atoms with E-state index in [-0.39, 0.29) is 12.3 Å². The fourth-order valence-electron chi connectivity index (χ4n) is 2.36. The average molecular weight is 276 g/mol. The first-order valence-electron chi connectivity index (χ1n) is 6.49. The highest BCUT2D eigenvalue weighted by atomic mass is 19.4. The molecular formula is C13H19F3N2O. The number of nitrogens with zero attached hydrogens (tertiary/aromatic N) is 2. The van der Waals surface area contributed by atoms with Crippen molar-refractivity contribution >= 4 is 5.91 Å². The van der Waals surface area contributed by atoms with Gasteiger partial charge >= 0.3 is 6.18 Å². The number of amides is 1. The molecule has 0 saturated carbocycles. The number of rotatable bonds is 3. The maximum Gasteiger partial charge on any atom is 0.406 e. The van der Waals surface area contributed by atoms with Crippen LogP contribution in [0.4, 0.5) is 13.2 Å². The summed E-state index contributed by atoms with van der Waals surface area (Å²) in [7, 11) is 0. The summed E-state index contributed by atoms with van der Waals surface area (Å²) in [4.78, 5) is 13.0. The molecule has 1 aliphatic heterocycles. The second kappa shape index (κ2) is 6.27. The zero-order chi connectivity index (χ0) is 14.6. The molecule has 0 N–H and O–H groups in total. The van der Waals surface area contributed by atoms with Crippen molar-refractivity contribution in [1.29, 1.82) is 5.26 Å². The lowest BCUT2D eigenvalue weighted by Gasteiger charge is -2.25. The van der Waals surface area contributed by atoms with Crippen LogP contribution in [0.1, 0.15) is 33.1 Å². The van der Waals surface area contributed by atoms with Gasteiger partial charge < -0.3 is 4.90 Å². The first-order valence-corrected chi connectivity index (χ1v) is 6.49. The van der Waals surface area contributed by atoms with Crippen molar-refractivity contribution in [2.24, 2.45) is 17.8 Å². The molecule has 2 atom stereocenters. The van der Waals surface area contributed by atoms with E-state index in [0.717, 1.165) is 6.42 Å². The van der Waals surface area contributed by atoms with Crippen LogP contribution in [0.15, 0.2) is 0 Å². The maximum atomic E-state index is 12.5. The highest BCUT2D eigenvalue weighted by Crippen LogP contribution is 2.29. The lowest BCUT2D eigenvalue weighted by atomic mass is 9.89. The summed E-state index contributed by atoms with van der Waals surface area (Å²) in [5.74, 6) is -1.58. The van der Waals surface area contributed by atoms with E-state index in [1.807, 2.05) is 0 Å². The molecular weight excluding hydrogens is 257 g/mol. The Hall–Kier alpha value is -1.25. The van der Waals surface area contributed by atoms with Gasteiger partial charge in [-0.3, -0.25) is 4.79 Å². The van der Waals surface area contributed by atoms with Crippen LogP contribution in [0.3, 0.4) is 0 Å². The quantitative estimate of drug-likeness (QED) is 0.795. The number of hydrogen-bond donors (Lipinski definition) is 0. The molecule has 1 amide bonds. The van der Waals surface area contributed by atoms with Gasteiger partial charge in [-0.1, -0.05) is 13.8 Å². The summed E-state index contributed by atoms with van der Waals surface area (Å²) < 4.78 is 37.6. The Morgan fingerprint density at radius 2 is 2.05 bits per heavy atom. The molecule has 0 bridgehead atoms. The van der Waals surface area contributed by atoms with Crippen molar-refractivity contribution in [3.8, 4) is 6.07 Å². The Kier molecular flexibility index (Phi) is 5.21. The Balaban J connectivity index is 2.68. The van der Waals surface area contributed by atoms with Crippen molar-refractivity contribution < 1.29 is 18.0 Å². The predicted octanol–water partition coefficient (Wildman–Crippen LogP) is 2.97. The van der Waals surface area contributed by atoms with E-state index in [4.69, 9.17) is 5.26 Å². The highest BCUT2D eigenvalue weighted by molar-refractivity contribution is 5.76. The van der Waals surface area contributed by atoms with E-state index < -0.39 is 18.6 Å². The molecule has 19 heavy (non-hydrogen) atoms. The third-order valence-corrected chi connectivity index (χ3v) is 3.75. The summed E-state index contributed by atoms with van der Waals surface area (Å²) in [6.45, 7) is 3.89. The van der Waals surface area contributed by atoms with Crippen LogP contribution in [0, 0.1) is 29.1 Å². The lowest BCUT2D eigenvalue weighted by Crippen LogP contribution is -2.39.